The van der Waals surface area contributed by atoms with Gasteiger partial charge in [-0.15, -0.1) is 11.3 Å². The van der Waals surface area contributed by atoms with E-state index in [0.717, 1.165) is 28.2 Å². The fourth-order valence-corrected chi connectivity index (χ4v) is 5.31. The van der Waals surface area contributed by atoms with Crippen molar-refractivity contribution in [1.29, 1.82) is 0 Å². The monoisotopic (exact) mass is 463 g/mol. The molecule has 3 N–H and O–H groups in total. The van der Waals surface area contributed by atoms with E-state index in [1.54, 1.807) is 24.3 Å². The smallest absolute Gasteiger partial charge is 0.327 e. The van der Waals surface area contributed by atoms with Gasteiger partial charge in [-0.25, -0.2) is 27.0 Å². The van der Waals surface area contributed by atoms with Gasteiger partial charge in [0.15, 0.2) is 0 Å². The second kappa shape index (κ2) is 8.87. The molecule has 0 spiro atoms. The average molecular weight is 464 g/mol. The summed E-state index contributed by atoms with van der Waals surface area (Å²) >= 11 is 1.50. The van der Waals surface area contributed by atoms with E-state index < -0.39 is 10.0 Å². The second-order valence-corrected chi connectivity index (χ2v) is 10.2. The molecule has 8 nitrogen and oxygen atoms in total. The van der Waals surface area contributed by atoms with E-state index in [4.69, 9.17) is 5.73 Å². The number of hydrogen-bond acceptors (Lipinski definition) is 6. The first-order valence-corrected chi connectivity index (χ1v) is 12.0. The van der Waals surface area contributed by atoms with Crippen molar-refractivity contribution in [3.05, 3.63) is 70.0 Å². The van der Waals surface area contributed by atoms with Crippen LogP contribution in [0.15, 0.2) is 64.3 Å². The highest BCUT2D eigenvalue weighted by atomic mass is 32.2. The number of rotatable bonds is 9. The van der Waals surface area contributed by atoms with Crippen LogP contribution in [0.5, 0.6) is 0 Å². The van der Waals surface area contributed by atoms with Gasteiger partial charge in [-0.1, -0.05) is 12.1 Å². The summed E-state index contributed by atoms with van der Waals surface area (Å²) < 4.78 is 42.6. The minimum Gasteiger partial charge on any atom is -0.327 e. The third-order valence-corrected chi connectivity index (χ3v) is 7.56. The fraction of sp³-hybridized carbons (Fsp3) is 0.300. The lowest BCUT2D eigenvalue weighted by Gasteiger charge is -2.06. The van der Waals surface area contributed by atoms with E-state index in [2.05, 4.69) is 9.82 Å². The van der Waals surface area contributed by atoms with Crippen LogP contribution in [-0.4, -0.2) is 35.4 Å². The van der Waals surface area contributed by atoms with Crippen molar-refractivity contribution in [2.75, 3.05) is 6.54 Å². The molecular formula is C20H22FN5O3S2. The highest BCUT2D eigenvalue weighted by molar-refractivity contribution is 7.89. The first kappa shape index (κ1) is 21.6. The lowest BCUT2D eigenvalue weighted by molar-refractivity contribution is 0.581. The van der Waals surface area contributed by atoms with Crippen LogP contribution >= 0.6 is 11.3 Å². The molecule has 0 unspecified atom stereocenters. The molecule has 3 aromatic rings. The summed E-state index contributed by atoms with van der Waals surface area (Å²) in [6.45, 7) is 0.360. The summed E-state index contributed by atoms with van der Waals surface area (Å²) in [6.07, 6.45) is 3.59. The van der Waals surface area contributed by atoms with Gasteiger partial charge < -0.3 is 5.73 Å². The molecule has 1 aromatic carbocycles. The number of halogens is 1. The molecule has 0 aliphatic heterocycles. The van der Waals surface area contributed by atoms with Crippen LogP contribution in [0, 0.1) is 0 Å². The normalized spacial score (nSPS) is 14.8. The lowest BCUT2D eigenvalue weighted by Crippen LogP contribution is -2.26. The van der Waals surface area contributed by atoms with Crippen LogP contribution in [-0.2, 0) is 23.1 Å². The molecule has 1 fully saturated rings. The number of nitrogens with two attached hydrogens (primary N) is 1. The molecule has 0 radical (unpaired) electrons. The maximum atomic E-state index is 12.7. The standard InChI is InChI=1S/C20H22FN5O3S2/c21-9-14(10-22)11-26-20(27)25(13-23-26)12-17-5-8-19(30-17)15-1-6-18(7-2-15)31(28,29)24-16-3-4-16/h1-2,5-9,13,16,24H,3-4,10-12,22H2/b14-9+. The van der Waals surface area contributed by atoms with Gasteiger partial charge in [-0.3, -0.25) is 4.57 Å². The van der Waals surface area contributed by atoms with Crippen molar-refractivity contribution in [3.63, 3.8) is 0 Å². The summed E-state index contributed by atoms with van der Waals surface area (Å²) in [6, 6.07) is 10.7. The predicted molar refractivity (Wildman–Crippen MR) is 117 cm³/mol. The van der Waals surface area contributed by atoms with Gasteiger partial charge in [0.2, 0.25) is 10.0 Å². The van der Waals surface area contributed by atoms with E-state index >= 15 is 0 Å². The zero-order valence-electron chi connectivity index (χ0n) is 16.6. The third-order valence-electron chi connectivity index (χ3n) is 4.90. The van der Waals surface area contributed by atoms with E-state index in [0.29, 0.717) is 12.9 Å². The molecule has 1 aliphatic rings. The van der Waals surface area contributed by atoms with Crippen LogP contribution in [0.1, 0.15) is 17.7 Å². The van der Waals surface area contributed by atoms with E-state index in [-0.39, 0.29) is 35.3 Å². The fourth-order valence-electron chi connectivity index (χ4n) is 3.00. The first-order chi connectivity index (χ1) is 14.9. The maximum absolute atomic E-state index is 12.7. The highest BCUT2D eigenvalue weighted by Gasteiger charge is 2.27. The Labute approximate surface area is 182 Å². The van der Waals surface area contributed by atoms with Gasteiger partial charge in [0.25, 0.3) is 0 Å². The topological polar surface area (TPSA) is 112 Å². The van der Waals surface area contributed by atoms with Crippen molar-refractivity contribution >= 4 is 21.4 Å². The predicted octanol–water partition coefficient (Wildman–Crippen LogP) is 2.07. The van der Waals surface area contributed by atoms with Crippen molar-refractivity contribution in [2.45, 2.75) is 36.9 Å². The average Bonchev–Trinajstić information content (AvgIpc) is 3.33. The van der Waals surface area contributed by atoms with Gasteiger partial charge in [0.05, 0.1) is 24.3 Å². The Hall–Kier alpha value is -2.60. The zero-order chi connectivity index (χ0) is 22.0. The molecule has 2 aromatic heterocycles. The molecule has 4 rings (SSSR count). The third kappa shape index (κ3) is 5.01. The van der Waals surface area contributed by atoms with Crippen LogP contribution < -0.4 is 16.1 Å². The molecule has 0 bridgehead atoms. The summed E-state index contributed by atoms with van der Waals surface area (Å²) in [5.74, 6) is 0. The minimum absolute atomic E-state index is 0.0133. The molecule has 31 heavy (non-hydrogen) atoms. The van der Waals surface area contributed by atoms with E-state index in [1.807, 2.05) is 12.1 Å². The molecule has 0 atom stereocenters. The van der Waals surface area contributed by atoms with Crippen LogP contribution in [0.4, 0.5) is 4.39 Å². The Morgan fingerprint density at radius 1 is 1.26 bits per heavy atom. The second-order valence-electron chi connectivity index (χ2n) is 7.36. The van der Waals surface area contributed by atoms with Gasteiger partial charge in [0, 0.05) is 22.3 Å². The van der Waals surface area contributed by atoms with Crippen LogP contribution in [0.2, 0.25) is 0 Å². The minimum atomic E-state index is -3.48. The van der Waals surface area contributed by atoms with Crippen molar-refractivity contribution < 1.29 is 12.8 Å². The number of benzene rings is 1. The van der Waals surface area contributed by atoms with E-state index in [9.17, 15) is 17.6 Å². The molecular weight excluding hydrogens is 441 g/mol. The number of aromatic nitrogens is 3. The van der Waals surface area contributed by atoms with Gasteiger partial charge >= 0.3 is 5.69 Å². The van der Waals surface area contributed by atoms with Crippen LogP contribution in [0.3, 0.4) is 0 Å². The molecule has 1 saturated carbocycles. The Balaban J connectivity index is 1.46. The summed E-state index contributed by atoms with van der Waals surface area (Å²) in [5.41, 5.74) is 6.26. The first-order valence-electron chi connectivity index (χ1n) is 9.71. The number of sulfonamides is 1. The Bertz CT molecular complexity index is 1250. The molecule has 0 amide bonds. The quantitative estimate of drug-likeness (QED) is 0.505. The molecule has 2 heterocycles. The largest absolute Gasteiger partial charge is 0.346 e. The summed E-state index contributed by atoms with van der Waals surface area (Å²) in [4.78, 5) is 14.6. The Morgan fingerprint density at radius 2 is 2.00 bits per heavy atom. The Morgan fingerprint density at radius 3 is 2.65 bits per heavy atom. The lowest BCUT2D eigenvalue weighted by atomic mass is 10.2. The van der Waals surface area contributed by atoms with E-state index in [1.165, 1.54) is 26.9 Å². The SMILES string of the molecule is NC/C(=C\F)Cn1ncn(Cc2ccc(-c3ccc(S(=O)(=O)NC4CC4)cc3)s2)c1=O. The van der Waals surface area contributed by atoms with Gasteiger partial charge in [-0.05, 0) is 48.2 Å². The molecule has 164 valence electrons. The van der Waals surface area contributed by atoms with Gasteiger partial charge in [0.1, 0.15) is 6.33 Å². The molecule has 11 heteroatoms. The van der Waals surface area contributed by atoms with Crippen molar-refractivity contribution in [1.82, 2.24) is 19.1 Å². The molecule has 0 saturated heterocycles. The highest BCUT2D eigenvalue weighted by Crippen LogP contribution is 2.30. The summed E-state index contributed by atoms with van der Waals surface area (Å²) in [7, 11) is -3.48. The number of hydrogen-bond donors (Lipinski definition) is 2. The maximum Gasteiger partial charge on any atom is 0.346 e. The summed E-state index contributed by atoms with van der Waals surface area (Å²) in [5, 5.41) is 4.02. The Kier molecular flexibility index (Phi) is 6.19. The number of nitrogens with one attached hydrogen (secondary N) is 1. The number of thiophene rings is 1. The van der Waals surface area contributed by atoms with Crippen molar-refractivity contribution in [3.8, 4) is 10.4 Å². The number of nitrogens with zero attached hydrogens (tertiary/aromatic N) is 3. The van der Waals surface area contributed by atoms with Crippen LogP contribution in [0.25, 0.3) is 10.4 Å². The van der Waals surface area contributed by atoms with Gasteiger partial charge in [-0.2, -0.15) is 5.10 Å². The zero-order valence-corrected chi connectivity index (χ0v) is 18.2. The molecule has 1 aliphatic carbocycles. The van der Waals surface area contributed by atoms with Crippen molar-refractivity contribution in [2.24, 2.45) is 5.73 Å².